The smallest absolute Gasteiger partial charge is 0.325 e. The van der Waals surface area contributed by atoms with Crippen LogP contribution >= 0.6 is 0 Å². The molecule has 12 heavy (non-hydrogen) atoms. The fraction of sp³-hybridized carbons (Fsp3) is 0.750. The van der Waals surface area contributed by atoms with Crippen molar-refractivity contribution in [2.75, 3.05) is 19.7 Å². The molecule has 4 nitrogen and oxygen atoms in total. The van der Waals surface area contributed by atoms with Crippen molar-refractivity contribution < 1.29 is 9.53 Å². The maximum Gasteiger partial charge on any atom is 0.325 e. The van der Waals surface area contributed by atoms with Gasteiger partial charge in [0, 0.05) is 13.0 Å². The molecular formula is C8H14N2O2. The van der Waals surface area contributed by atoms with Crippen LogP contribution in [-0.2, 0) is 9.53 Å². The highest BCUT2D eigenvalue weighted by atomic mass is 16.5. The van der Waals surface area contributed by atoms with Crippen LogP contribution in [0.2, 0.25) is 0 Å². The van der Waals surface area contributed by atoms with E-state index in [1.54, 1.807) is 11.8 Å². The zero-order chi connectivity index (χ0) is 8.97. The summed E-state index contributed by atoms with van der Waals surface area (Å²) in [6, 6.07) is 0. The third-order valence-corrected chi connectivity index (χ3v) is 1.85. The Morgan fingerprint density at radius 1 is 1.75 bits per heavy atom. The molecular weight excluding hydrogens is 156 g/mol. The van der Waals surface area contributed by atoms with E-state index < -0.39 is 0 Å². The SMILES string of the molecule is CCOC(=O)CN1CCCC1=N. The van der Waals surface area contributed by atoms with E-state index in [-0.39, 0.29) is 12.5 Å². The molecule has 0 radical (unpaired) electrons. The lowest BCUT2D eigenvalue weighted by Crippen LogP contribution is -2.31. The number of carbonyl (C=O) groups is 1. The molecule has 68 valence electrons. The van der Waals surface area contributed by atoms with Gasteiger partial charge < -0.3 is 9.64 Å². The molecule has 0 aliphatic carbocycles. The van der Waals surface area contributed by atoms with E-state index in [9.17, 15) is 4.79 Å². The lowest BCUT2D eigenvalue weighted by Gasteiger charge is -2.15. The minimum Gasteiger partial charge on any atom is -0.465 e. The molecule has 0 aromatic heterocycles. The number of nitrogens with one attached hydrogen (secondary N) is 1. The van der Waals surface area contributed by atoms with Gasteiger partial charge in [-0.3, -0.25) is 10.2 Å². The largest absolute Gasteiger partial charge is 0.465 e. The number of ether oxygens (including phenoxy) is 1. The van der Waals surface area contributed by atoms with Gasteiger partial charge in [0.15, 0.2) is 0 Å². The predicted molar refractivity (Wildman–Crippen MR) is 45.2 cm³/mol. The first kappa shape index (κ1) is 9.03. The van der Waals surface area contributed by atoms with Crippen LogP contribution in [0, 0.1) is 5.41 Å². The van der Waals surface area contributed by atoms with Crippen LogP contribution in [-0.4, -0.2) is 36.4 Å². The van der Waals surface area contributed by atoms with Crippen molar-refractivity contribution in [3.8, 4) is 0 Å². The van der Waals surface area contributed by atoms with E-state index in [2.05, 4.69) is 0 Å². The number of esters is 1. The Morgan fingerprint density at radius 3 is 3.00 bits per heavy atom. The number of rotatable bonds is 3. The number of nitrogens with zero attached hydrogens (tertiary/aromatic N) is 1. The molecule has 0 saturated carbocycles. The standard InChI is InChI=1S/C8H14N2O2/c1-2-12-8(11)6-10-5-3-4-7(10)9/h9H,2-6H2,1H3. The molecule has 1 aliphatic heterocycles. The summed E-state index contributed by atoms with van der Waals surface area (Å²) >= 11 is 0. The second-order valence-electron chi connectivity index (χ2n) is 2.78. The van der Waals surface area contributed by atoms with Gasteiger partial charge in [-0.2, -0.15) is 0 Å². The quantitative estimate of drug-likeness (QED) is 0.632. The summed E-state index contributed by atoms with van der Waals surface area (Å²) in [5.41, 5.74) is 0. The molecule has 4 heteroatoms. The lowest BCUT2D eigenvalue weighted by atomic mass is 10.4. The van der Waals surface area contributed by atoms with E-state index in [1.165, 1.54) is 0 Å². The molecule has 0 atom stereocenters. The summed E-state index contributed by atoms with van der Waals surface area (Å²) in [6.45, 7) is 3.26. The second-order valence-corrected chi connectivity index (χ2v) is 2.78. The molecule has 1 fully saturated rings. The summed E-state index contributed by atoms with van der Waals surface area (Å²) in [6.07, 6.45) is 1.78. The van der Waals surface area contributed by atoms with E-state index in [1.807, 2.05) is 0 Å². The highest BCUT2D eigenvalue weighted by Gasteiger charge is 2.19. The summed E-state index contributed by atoms with van der Waals surface area (Å²) in [5.74, 6) is 0.326. The van der Waals surface area contributed by atoms with Crippen LogP contribution in [0.4, 0.5) is 0 Å². The summed E-state index contributed by atoms with van der Waals surface area (Å²) in [5, 5.41) is 7.45. The van der Waals surface area contributed by atoms with Gasteiger partial charge in [-0.1, -0.05) is 0 Å². The monoisotopic (exact) mass is 170 g/mol. The van der Waals surface area contributed by atoms with Crippen molar-refractivity contribution >= 4 is 11.8 Å². The van der Waals surface area contributed by atoms with Crippen molar-refractivity contribution in [2.45, 2.75) is 19.8 Å². The zero-order valence-electron chi connectivity index (χ0n) is 7.30. The Morgan fingerprint density at radius 2 is 2.50 bits per heavy atom. The Kier molecular flexibility index (Phi) is 3.08. The number of carbonyl (C=O) groups excluding carboxylic acids is 1. The summed E-state index contributed by atoms with van der Waals surface area (Å²) in [4.78, 5) is 12.7. The predicted octanol–water partition coefficient (Wildman–Crippen LogP) is 0.623. The molecule has 1 aliphatic rings. The molecule has 1 saturated heterocycles. The van der Waals surface area contributed by atoms with Gasteiger partial charge >= 0.3 is 5.97 Å². The van der Waals surface area contributed by atoms with Crippen LogP contribution in [0.3, 0.4) is 0 Å². The number of amidine groups is 1. The third kappa shape index (κ3) is 2.22. The highest BCUT2D eigenvalue weighted by Crippen LogP contribution is 2.09. The average molecular weight is 170 g/mol. The fourth-order valence-electron chi connectivity index (χ4n) is 1.27. The van der Waals surface area contributed by atoms with Crippen molar-refractivity contribution in [1.82, 2.24) is 4.90 Å². The minimum absolute atomic E-state index is 0.232. The normalized spacial score (nSPS) is 16.8. The molecule has 1 heterocycles. The topological polar surface area (TPSA) is 53.4 Å². The Balaban J connectivity index is 2.30. The van der Waals surface area contributed by atoms with Crippen molar-refractivity contribution in [3.63, 3.8) is 0 Å². The first-order valence-electron chi connectivity index (χ1n) is 4.22. The maximum atomic E-state index is 11.0. The zero-order valence-corrected chi connectivity index (χ0v) is 7.30. The van der Waals surface area contributed by atoms with Gasteiger partial charge in [-0.25, -0.2) is 0 Å². The van der Waals surface area contributed by atoms with E-state index in [0.29, 0.717) is 12.4 Å². The highest BCUT2D eigenvalue weighted by molar-refractivity contribution is 5.85. The lowest BCUT2D eigenvalue weighted by molar-refractivity contribution is -0.143. The van der Waals surface area contributed by atoms with E-state index in [4.69, 9.17) is 10.1 Å². The van der Waals surface area contributed by atoms with Gasteiger partial charge in [-0.15, -0.1) is 0 Å². The van der Waals surface area contributed by atoms with Gasteiger partial charge in [0.25, 0.3) is 0 Å². The van der Waals surface area contributed by atoms with Crippen LogP contribution in [0.15, 0.2) is 0 Å². The van der Waals surface area contributed by atoms with Crippen molar-refractivity contribution in [3.05, 3.63) is 0 Å². The Labute approximate surface area is 72.0 Å². The van der Waals surface area contributed by atoms with Gasteiger partial charge in [0.1, 0.15) is 6.54 Å². The van der Waals surface area contributed by atoms with Crippen LogP contribution in [0.25, 0.3) is 0 Å². The first-order valence-corrected chi connectivity index (χ1v) is 4.22. The van der Waals surface area contributed by atoms with Gasteiger partial charge in [0.05, 0.1) is 12.4 Å². The summed E-state index contributed by atoms with van der Waals surface area (Å²) < 4.78 is 4.77. The molecule has 0 amide bonds. The molecule has 1 N–H and O–H groups in total. The number of hydrogen-bond acceptors (Lipinski definition) is 3. The maximum absolute atomic E-state index is 11.0. The third-order valence-electron chi connectivity index (χ3n) is 1.85. The average Bonchev–Trinajstić information content (AvgIpc) is 2.37. The Hall–Kier alpha value is -1.06. The molecule has 0 unspecified atom stereocenters. The Bertz CT molecular complexity index is 191. The van der Waals surface area contributed by atoms with Crippen molar-refractivity contribution in [1.29, 1.82) is 5.41 Å². The van der Waals surface area contributed by atoms with E-state index in [0.717, 1.165) is 19.4 Å². The second kappa shape index (κ2) is 4.09. The van der Waals surface area contributed by atoms with E-state index >= 15 is 0 Å². The molecule has 0 aromatic rings. The van der Waals surface area contributed by atoms with Gasteiger partial charge in [0.2, 0.25) is 0 Å². The first-order chi connectivity index (χ1) is 5.74. The molecule has 1 rings (SSSR count). The minimum atomic E-state index is -0.232. The number of likely N-dealkylation sites (tertiary alicyclic amines) is 1. The molecule has 0 aromatic carbocycles. The fourth-order valence-corrected chi connectivity index (χ4v) is 1.27. The van der Waals surface area contributed by atoms with Crippen LogP contribution in [0.5, 0.6) is 0 Å². The van der Waals surface area contributed by atoms with Gasteiger partial charge in [-0.05, 0) is 13.3 Å². The molecule has 0 bridgehead atoms. The number of hydrogen-bond donors (Lipinski definition) is 1. The van der Waals surface area contributed by atoms with Crippen LogP contribution < -0.4 is 0 Å². The van der Waals surface area contributed by atoms with Crippen molar-refractivity contribution in [2.24, 2.45) is 0 Å². The summed E-state index contributed by atoms with van der Waals surface area (Å²) in [7, 11) is 0. The van der Waals surface area contributed by atoms with Crippen LogP contribution in [0.1, 0.15) is 19.8 Å². The molecule has 0 spiro atoms.